The third kappa shape index (κ3) is 4.89. The maximum absolute atomic E-state index is 13.3. The molecule has 2 aromatic heterocycles. The van der Waals surface area contributed by atoms with Gasteiger partial charge in [0.05, 0.1) is 17.8 Å². The van der Waals surface area contributed by atoms with Gasteiger partial charge in [-0.05, 0) is 37.6 Å². The number of pyridine rings is 1. The molecule has 180 valence electrons. The standard InChI is InChI=1S/C22H24F3N7O2/c1-30(12-15-3-4-16-19(22(23,24)25)21(34)29-28-20(15)16)13-18(33)32-8-6-31(7-9-32)17-5-2-14(10-26)11-27-17/h2,5,11,15H,3-4,6-9,12-13H2,1H3,(H,29,34)/t15-/m1/s1. The number of likely N-dealkylation sites (N-methyl/N-ethyl adjacent to an activating group) is 1. The lowest BCUT2D eigenvalue weighted by atomic mass is 10.1. The largest absolute Gasteiger partial charge is 0.422 e. The third-order valence-electron chi connectivity index (χ3n) is 6.30. The second kappa shape index (κ2) is 9.42. The van der Waals surface area contributed by atoms with Crippen molar-refractivity contribution >= 4 is 11.7 Å². The second-order valence-electron chi connectivity index (χ2n) is 8.61. The highest BCUT2D eigenvalue weighted by Gasteiger charge is 2.41. The Bertz CT molecular complexity index is 1150. The number of carbonyl (C=O) groups excluding carboxylic acids is 1. The van der Waals surface area contributed by atoms with Crippen molar-refractivity contribution in [2.45, 2.75) is 24.9 Å². The van der Waals surface area contributed by atoms with Gasteiger partial charge in [0.15, 0.2) is 0 Å². The Hall–Kier alpha value is -3.46. The molecule has 0 aromatic carbocycles. The molecule has 1 atom stereocenters. The van der Waals surface area contributed by atoms with Crippen LogP contribution in [0.15, 0.2) is 23.1 Å². The van der Waals surface area contributed by atoms with Crippen molar-refractivity contribution in [3.05, 3.63) is 51.1 Å². The van der Waals surface area contributed by atoms with Crippen LogP contribution < -0.4 is 10.5 Å². The first kappa shape index (κ1) is 23.7. The highest BCUT2D eigenvalue weighted by Crippen LogP contribution is 2.38. The first-order valence-electron chi connectivity index (χ1n) is 10.9. The highest BCUT2D eigenvalue weighted by atomic mass is 19.4. The van der Waals surface area contributed by atoms with Crippen LogP contribution in [0.25, 0.3) is 0 Å². The number of piperazine rings is 1. The van der Waals surface area contributed by atoms with Gasteiger partial charge in [-0.15, -0.1) is 0 Å². The van der Waals surface area contributed by atoms with E-state index in [4.69, 9.17) is 5.26 Å². The smallest absolute Gasteiger partial charge is 0.353 e. The molecule has 0 saturated carbocycles. The first-order valence-corrected chi connectivity index (χ1v) is 10.9. The predicted molar refractivity (Wildman–Crippen MR) is 116 cm³/mol. The number of rotatable bonds is 5. The van der Waals surface area contributed by atoms with E-state index in [2.05, 4.69) is 15.0 Å². The number of alkyl halides is 3. The summed E-state index contributed by atoms with van der Waals surface area (Å²) in [6.45, 7) is 2.78. The normalized spacial score (nSPS) is 18.2. The number of amides is 1. The van der Waals surface area contributed by atoms with Gasteiger partial charge in [0.2, 0.25) is 5.91 Å². The number of anilines is 1. The summed E-state index contributed by atoms with van der Waals surface area (Å²) >= 11 is 0. The lowest BCUT2D eigenvalue weighted by molar-refractivity contribution is -0.139. The van der Waals surface area contributed by atoms with Crippen molar-refractivity contribution in [2.24, 2.45) is 0 Å². The van der Waals surface area contributed by atoms with Crippen LogP contribution >= 0.6 is 0 Å². The quantitative estimate of drug-likeness (QED) is 0.696. The van der Waals surface area contributed by atoms with Crippen molar-refractivity contribution in [3.63, 3.8) is 0 Å². The molecular formula is C22H24F3N7O2. The minimum Gasteiger partial charge on any atom is -0.353 e. The summed E-state index contributed by atoms with van der Waals surface area (Å²) in [5.74, 6) is 0.413. The molecule has 1 N–H and O–H groups in total. The van der Waals surface area contributed by atoms with Gasteiger partial charge in [0, 0.05) is 44.8 Å². The molecule has 12 heteroatoms. The van der Waals surface area contributed by atoms with Gasteiger partial charge in [0.25, 0.3) is 5.56 Å². The molecule has 2 aliphatic rings. The molecule has 1 aliphatic carbocycles. The SMILES string of the molecule is CN(CC(=O)N1CCN(c2ccc(C#N)cn2)CC1)C[C@H]1CCc2c1n[nH]c(=O)c2C(F)(F)F. The number of nitrogens with one attached hydrogen (secondary N) is 1. The maximum Gasteiger partial charge on any atom is 0.422 e. The van der Waals surface area contributed by atoms with Crippen LogP contribution in [0, 0.1) is 11.3 Å². The molecule has 0 spiro atoms. The lowest BCUT2D eigenvalue weighted by Gasteiger charge is -2.36. The van der Waals surface area contributed by atoms with Gasteiger partial charge in [0.1, 0.15) is 17.5 Å². The van der Waals surface area contributed by atoms with Crippen LogP contribution in [-0.4, -0.2) is 77.2 Å². The Kier molecular flexibility index (Phi) is 6.56. The van der Waals surface area contributed by atoms with Crippen molar-refractivity contribution in [1.82, 2.24) is 25.0 Å². The zero-order valence-electron chi connectivity index (χ0n) is 18.6. The van der Waals surface area contributed by atoms with Crippen molar-refractivity contribution in [3.8, 4) is 6.07 Å². The van der Waals surface area contributed by atoms with E-state index in [1.165, 1.54) is 6.20 Å². The average Bonchev–Trinajstić information content (AvgIpc) is 3.20. The molecule has 2 aromatic rings. The molecule has 1 aliphatic heterocycles. The van der Waals surface area contributed by atoms with E-state index in [0.29, 0.717) is 44.7 Å². The molecular weight excluding hydrogens is 451 g/mol. The van der Waals surface area contributed by atoms with Crippen LogP contribution in [0.2, 0.25) is 0 Å². The number of nitriles is 1. The molecule has 1 amide bonds. The van der Waals surface area contributed by atoms with E-state index in [9.17, 15) is 22.8 Å². The van der Waals surface area contributed by atoms with Gasteiger partial charge in [-0.25, -0.2) is 10.1 Å². The Morgan fingerprint density at radius 3 is 2.65 bits per heavy atom. The second-order valence-corrected chi connectivity index (χ2v) is 8.61. The van der Waals surface area contributed by atoms with Gasteiger partial charge in [-0.2, -0.15) is 23.5 Å². The highest BCUT2D eigenvalue weighted by molar-refractivity contribution is 5.78. The topological polar surface area (TPSA) is 109 Å². The average molecular weight is 475 g/mol. The molecule has 3 heterocycles. The van der Waals surface area contributed by atoms with Crippen LogP contribution in [0.3, 0.4) is 0 Å². The van der Waals surface area contributed by atoms with Gasteiger partial charge in [-0.1, -0.05) is 0 Å². The monoisotopic (exact) mass is 475 g/mol. The maximum atomic E-state index is 13.3. The minimum atomic E-state index is -4.73. The van der Waals surface area contributed by atoms with Crippen molar-refractivity contribution in [1.29, 1.82) is 5.26 Å². The molecule has 34 heavy (non-hydrogen) atoms. The first-order chi connectivity index (χ1) is 16.2. The number of fused-ring (bicyclic) bond motifs is 1. The number of hydrogen-bond donors (Lipinski definition) is 1. The van der Waals surface area contributed by atoms with E-state index >= 15 is 0 Å². The van der Waals surface area contributed by atoms with Crippen LogP contribution in [-0.2, 0) is 17.4 Å². The number of hydrogen-bond acceptors (Lipinski definition) is 7. The lowest BCUT2D eigenvalue weighted by Crippen LogP contribution is -2.51. The number of H-pyrrole nitrogens is 1. The summed E-state index contributed by atoms with van der Waals surface area (Å²) in [6, 6.07) is 5.53. The minimum absolute atomic E-state index is 0.0338. The fourth-order valence-electron chi connectivity index (χ4n) is 4.62. The molecule has 9 nitrogen and oxygen atoms in total. The number of carbonyl (C=O) groups is 1. The van der Waals surface area contributed by atoms with E-state index in [1.54, 1.807) is 29.0 Å². The zero-order valence-corrected chi connectivity index (χ0v) is 18.6. The summed E-state index contributed by atoms with van der Waals surface area (Å²) in [6.07, 6.45) is -2.63. The molecule has 4 rings (SSSR count). The van der Waals surface area contributed by atoms with E-state index < -0.39 is 17.3 Å². The predicted octanol–water partition coefficient (Wildman–Crippen LogP) is 1.37. The Morgan fingerprint density at radius 2 is 2.03 bits per heavy atom. The number of nitrogens with zero attached hydrogens (tertiary/aromatic N) is 6. The van der Waals surface area contributed by atoms with Gasteiger partial charge in [-0.3, -0.25) is 14.5 Å². The van der Waals surface area contributed by atoms with Crippen LogP contribution in [0.1, 0.15) is 34.7 Å². The van der Waals surface area contributed by atoms with E-state index in [0.717, 1.165) is 5.82 Å². The Morgan fingerprint density at radius 1 is 1.29 bits per heavy atom. The van der Waals surface area contributed by atoms with Crippen molar-refractivity contribution < 1.29 is 18.0 Å². The number of halogens is 3. The van der Waals surface area contributed by atoms with E-state index in [1.807, 2.05) is 11.2 Å². The molecule has 0 bridgehead atoms. The summed E-state index contributed by atoms with van der Waals surface area (Å²) in [5.41, 5.74) is -1.66. The Labute approximate surface area is 193 Å². The third-order valence-corrected chi connectivity index (χ3v) is 6.30. The molecule has 0 unspecified atom stereocenters. The van der Waals surface area contributed by atoms with Gasteiger partial charge >= 0.3 is 6.18 Å². The van der Waals surface area contributed by atoms with Crippen molar-refractivity contribution in [2.75, 3.05) is 51.2 Å². The number of aromatic nitrogens is 3. The van der Waals surface area contributed by atoms with Gasteiger partial charge < -0.3 is 9.80 Å². The summed E-state index contributed by atoms with van der Waals surface area (Å²) in [5, 5.41) is 14.8. The fraction of sp³-hybridized carbons (Fsp3) is 0.500. The summed E-state index contributed by atoms with van der Waals surface area (Å²) in [4.78, 5) is 34.4. The summed E-state index contributed by atoms with van der Waals surface area (Å²) in [7, 11) is 1.75. The fourth-order valence-corrected chi connectivity index (χ4v) is 4.62. The van der Waals surface area contributed by atoms with E-state index in [-0.39, 0.29) is 36.0 Å². The Balaban J connectivity index is 1.32. The number of aromatic amines is 1. The molecule has 0 radical (unpaired) electrons. The summed E-state index contributed by atoms with van der Waals surface area (Å²) < 4.78 is 39.9. The van der Waals surface area contributed by atoms with Crippen LogP contribution in [0.4, 0.5) is 19.0 Å². The molecule has 1 fully saturated rings. The van der Waals surface area contributed by atoms with Crippen LogP contribution in [0.5, 0.6) is 0 Å². The zero-order chi connectivity index (χ0) is 24.5. The molecule has 1 saturated heterocycles.